The zero-order valence-electron chi connectivity index (χ0n) is 9.79. The van der Waals surface area contributed by atoms with E-state index in [-0.39, 0.29) is 0 Å². The highest BCUT2D eigenvalue weighted by Crippen LogP contribution is 2.55. The zero-order chi connectivity index (χ0) is 12.3. The Morgan fingerprint density at radius 3 is 1.78 bits per heavy atom. The van der Waals surface area contributed by atoms with Crippen LogP contribution in [0.5, 0.6) is 0 Å². The van der Waals surface area contributed by atoms with Gasteiger partial charge >= 0.3 is 0 Å². The molecule has 0 radical (unpaired) electrons. The SMILES string of the molecule is Clc1cccc2c1C1CCC2c2cccc(Cl)c21. The Morgan fingerprint density at radius 2 is 1.22 bits per heavy atom. The number of hydrogen-bond acceptors (Lipinski definition) is 0. The van der Waals surface area contributed by atoms with Crippen LogP contribution in [-0.2, 0) is 0 Å². The van der Waals surface area contributed by atoms with Crippen molar-refractivity contribution in [2.24, 2.45) is 0 Å². The lowest BCUT2D eigenvalue weighted by Gasteiger charge is -2.41. The summed E-state index contributed by atoms with van der Waals surface area (Å²) in [5.74, 6) is 0.875. The van der Waals surface area contributed by atoms with Gasteiger partial charge in [0.15, 0.2) is 0 Å². The van der Waals surface area contributed by atoms with Crippen molar-refractivity contribution in [1.82, 2.24) is 0 Å². The van der Waals surface area contributed by atoms with Crippen molar-refractivity contribution in [2.45, 2.75) is 24.7 Å². The molecule has 0 aliphatic heterocycles. The first-order valence-electron chi connectivity index (χ1n) is 6.34. The second-order valence-electron chi connectivity index (χ2n) is 5.17. The van der Waals surface area contributed by atoms with E-state index in [1.54, 1.807) is 0 Å². The third-order valence-corrected chi connectivity index (χ3v) is 5.02. The maximum absolute atomic E-state index is 6.41. The Morgan fingerprint density at radius 1 is 0.722 bits per heavy atom. The predicted molar refractivity (Wildman–Crippen MR) is 75.8 cm³/mol. The van der Waals surface area contributed by atoms with E-state index < -0.39 is 0 Å². The monoisotopic (exact) mass is 274 g/mol. The molecule has 2 bridgehead atoms. The van der Waals surface area contributed by atoms with Crippen LogP contribution in [-0.4, -0.2) is 0 Å². The summed E-state index contributed by atoms with van der Waals surface area (Å²) in [6.45, 7) is 0. The molecule has 0 N–H and O–H groups in total. The highest BCUT2D eigenvalue weighted by Gasteiger charge is 2.39. The molecule has 0 spiro atoms. The second kappa shape index (κ2) is 3.76. The van der Waals surface area contributed by atoms with E-state index in [2.05, 4.69) is 24.3 Å². The van der Waals surface area contributed by atoms with E-state index in [4.69, 9.17) is 23.2 Å². The van der Waals surface area contributed by atoms with Crippen LogP contribution in [0.2, 0.25) is 10.0 Å². The van der Waals surface area contributed by atoms with Crippen molar-refractivity contribution in [3.8, 4) is 0 Å². The molecule has 90 valence electrons. The van der Waals surface area contributed by atoms with Crippen LogP contribution in [0.1, 0.15) is 46.9 Å². The summed E-state index contributed by atoms with van der Waals surface area (Å²) in [7, 11) is 0. The van der Waals surface area contributed by atoms with Crippen molar-refractivity contribution >= 4 is 23.2 Å². The summed E-state index contributed by atoms with van der Waals surface area (Å²) in [6.07, 6.45) is 2.38. The van der Waals surface area contributed by atoms with E-state index in [9.17, 15) is 0 Å². The first kappa shape index (κ1) is 10.9. The van der Waals surface area contributed by atoms with Crippen LogP contribution >= 0.6 is 23.2 Å². The van der Waals surface area contributed by atoms with Crippen LogP contribution in [0.15, 0.2) is 36.4 Å². The maximum atomic E-state index is 6.41. The molecule has 0 heterocycles. The molecule has 0 aromatic heterocycles. The molecule has 0 saturated heterocycles. The average Bonchev–Trinajstić information content (AvgIpc) is 2.39. The summed E-state index contributed by atoms with van der Waals surface area (Å²) >= 11 is 12.8. The predicted octanol–water partition coefficient (Wildman–Crippen LogP) is 5.36. The lowest BCUT2D eigenvalue weighted by molar-refractivity contribution is 0.520. The molecule has 0 saturated carbocycles. The van der Waals surface area contributed by atoms with Gasteiger partial charge in [-0.1, -0.05) is 47.5 Å². The fraction of sp³-hybridized carbons (Fsp3) is 0.250. The van der Waals surface area contributed by atoms with Gasteiger partial charge in [-0.3, -0.25) is 0 Å². The molecule has 0 nitrogen and oxygen atoms in total. The van der Waals surface area contributed by atoms with Crippen LogP contribution in [0.25, 0.3) is 0 Å². The molecular weight excluding hydrogens is 263 g/mol. The van der Waals surface area contributed by atoms with Crippen LogP contribution in [0.4, 0.5) is 0 Å². The van der Waals surface area contributed by atoms with Crippen LogP contribution in [0.3, 0.4) is 0 Å². The third-order valence-electron chi connectivity index (χ3n) is 4.37. The molecule has 0 unspecified atom stereocenters. The fourth-order valence-corrected chi connectivity index (χ4v) is 4.32. The van der Waals surface area contributed by atoms with E-state index in [0.29, 0.717) is 11.8 Å². The quantitative estimate of drug-likeness (QED) is 0.606. The Labute approximate surface area is 117 Å². The van der Waals surface area contributed by atoms with Gasteiger partial charge in [-0.2, -0.15) is 0 Å². The van der Waals surface area contributed by atoms with Gasteiger partial charge in [0, 0.05) is 21.9 Å². The van der Waals surface area contributed by atoms with Gasteiger partial charge in [-0.15, -0.1) is 0 Å². The molecule has 0 fully saturated rings. The highest BCUT2D eigenvalue weighted by molar-refractivity contribution is 6.32. The van der Waals surface area contributed by atoms with E-state index in [1.165, 1.54) is 28.7 Å². The topological polar surface area (TPSA) is 0 Å². The minimum Gasteiger partial charge on any atom is -0.0840 e. The zero-order valence-corrected chi connectivity index (χ0v) is 11.3. The van der Waals surface area contributed by atoms with Gasteiger partial charge in [-0.25, -0.2) is 0 Å². The Kier molecular flexibility index (Phi) is 2.27. The molecule has 18 heavy (non-hydrogen) atoms. The second-order valence-corrected chi connectivity index (χ2v) is 5.98. The Hall–Kier alpha value is -0.980. The summed E-state index contributed by atoms with van der Waals surface area (Å²) in [5.41, 5.74) is 5.45. The molecular formula is C16H12Cl2. The van der Waals surface area contributed by atoms with Crippen molar-refractivity contribution in [2.75, 3.05) is 0 Å². The Bertz CT molecular complexity index is 592. The summed E-state index contributed by atoms with van der Waals surface area (Å²) < 4.78 is 0. The first-order valence-corrected chi connectivity index (χ1v) is 7.09. The smallest absolute Gasteiger partial charge is 0.0447 e. The van der Waals surface area contributed by atoms with Crippen molar-refractivity contribution in [3.63, 3.8) is 0 Å². The van der Waals surface area contributed by atoms with Gasteiger partial charge in [0.05, 0.1) is 0 Å². The lowest BCUT2D eigenvalue weighted by atomic mass is 9.64. The first-order chi connectivity index (χ1) is 8.77. The van der Waals surface area contributed by atoms with Crippen LogP contribution < -0.4 is 0 Å². The summed E-state index contributed by atoms with van der Waals surface area (Å²) in [6, 6.07) is 12.6. The molecule has 3 aliphatic carbocycles. The van der Waals surface area contributed by atoms with Gasteiger partial charge in [0.1, 0.15) is 0 Å². The van der Waals surface area contributed by atoms with E-state index in [0.717, 1.165) is 16.5 Å². The lowest BCUT2D eigenvalue weighted by Crippen LogP contribution is -2.25. The highest BCUT2D eigenvalue weighted by atomic mass is 35.5. The molecule has 0 amide bonds. The summed E-state index contributed by atoms with van der Waals surface area (Å²) in [5, 5.41) is 1.79. The molecule has 0 atom stereocenters. The number of halogens is 2. The van der Waals surface area contributed by atoms with Gasteiger partial charge in [0.25, 0.3) is 0 Å². The van der Waals surface area contributed by atoms with Crippen molar-refractivity contribution in [3.05, 3.63) is 68.7 Å². The standard InChI is InChI=1S/C16H12Cl2/c17-13-5-1-3-10-9-7-8-12(15(10)13)16-11(9)4-2-6-14(16)18/h1-6,9,12H,7-8H2. The third kappa shape index (κ3) is 1.28. The van der Waals surface area contributed by atoms with Crippen molar-refractivity contribution < 1.29 is 0 Å². The minimum absolute atomic E-state index is 0.391. The maximum Gasteiger partial charge on any atom is 0.0447 e. The van der Waals surface area contributed by atoms with E-state index in [1.807, 2.05) is 12.1 Å². The van der Waals surface area contributed by atoms with Gasteiger partial charge in [-0.05, 0) is 47.2 Å². The number of rotatable bonds is 0. The molecule has 3 aliphatic rings. The molecule has 5 rings (SSSR count). The largest absolute Gasteiger partial charge is 0.0840 e. The van der Waals surface area contributed by atoms with Crippen LogP contribution in [0, 0.1) is 0 Å². The van der Waals surface area contributed by atoms with E-state index >= 15 is 0 Å². The molecule has 2 aromatic rings. The van der Waals surface area contributed by atoms with Gasteiger partial charge < -0.3 is 0 Å². The minimum atomic E-state index is 0.391. The average molecular weight is 275 g/mol. The molecule has 2 aromatic carbocycles. The van der Waals surface area contributed by atoms with Gasteiger partial charge in [0.2, 0.25) is 0 Å². The van der Waals surface area contributed by atoms with Crippen molar-refractivity contribution in [1.29, 1.82) is 0 Å². The Balaban J connectivity index is 2.06. The fourth-order valence-electron chi connectivity index (χ4n) is 3.70. The molecule has 2 heteroatoms. The normalized spacial score (nSPS) is 23.7. The number of fused-ring (bicyclic) bond motifs is 1. The summed E-state index contributed by atoms with van der Waals surface area (Å²) in [4.78, 5) is 0. The number of benzene rings is 2. The number of hydrogen-bond donors (Lipinski definition) is 0.